The molecule has 1 unspecified atom stereocenters. The molecule has 1 aromatic heterocycles. The van der Waals surface area contributed by atoms with E-state index in [4.69, 9.17) is 17.3 Å². The number of hydrogen-bond donors (Lipinski definition) is 2. The highest BCUT2D eigenvalue weighted by Gasteiger charge is 2.32. The minimum Gasteiger partial charge on any atom is -0.349 e. The predicted molar refractivity (Wildman–Crippen MR) is 83.0 cm³/mol. The smallest absolute Gasteiger partial charge is 0.223 e. The van der Waals surface area contributed by atoms with E-state index >= 15 is 0 Å². The molecule has 1 aromatic rings. The highest BCUT2D eigenvalue weighted by atomic mass is 35.5. The maximum Gasteiger partial charge on any atom is 0.223 e. The molecule has 1 amide bonds. The highest BCUT2D eigenvalue weighted by molar-refractivity contribution is 7.16. The average molecular weight is 323 g/mol. The third kappa shape index (κ3) is 4.09. The fourth-order valence-electron chi connectivity index (χ4n) is 2.62. The van der Waals surface area contributed by atoms with Gasteiger partial charge in [0.2, 0.25) is 5.91 Å². The van der Waals surface area contributed by atoms with Crippen molar-refractivity contribution in [3.8, 4) is 0 Å². The van der Waals surface area contributed by atoms with Crippen LogP contribution in [-0.2, 0) is 4.79 Å². The standard InChI is InChI=1S/C13H19ClN2OS.ClH/c1-8(11-5-6-12(14)18-11)16-13(17)10-4-2-3-9(10)7-15;/h5-6,8-10H,2-4,7,15H2,1H3,(H,16,17);1H/t8?,9-,10-;/m1./s1. The summed E-state index contributed by atoms with van der Waals surface area (Å²) in [6, 6.07) is 3.85. The van der Waals surface area contributed by atoms with Crippen molar-refractivity contribution < 1.29 is 4.79 Å². The van der Waals surface area contributed by atoms with Crippen LogP contribution in [0.3, 0.4) is 0 Å². The summed E-state index contributed by atoms with van der Waals surface area (Å²) in [6.45, 7) is 2.60. The molecule has 3 N–H and O–H groups in total. The normalized spacial score (nSPS) is 23.7. The van der Waals surface area contributed by atoms with Crippen LogP contribution >= 0.6 is 35.3 Å². The van der Waals surface area contributed by atoms with E-state index in [1.807, 2.05) is 19.1 Å². The molecular weight excluding hydrogens is 303 g/mol. The Labute approximate surface area is 129 Å². The van der Waals surface area contributed by atoms with Crippen molar-refractivity contribution in [1.82, 2.24) is 5.32 Å². The summed E-state index contributed by atoms with van der Waals surface area (Å²) in [6.07, 6.45) is 3.15. The van der Waals surface area contributed by atoms with Gasteiger partial charge in [-0.1, -0.05) is 18.0 Å². The maximum atomic E-state index is 12.2. The van der Waals surface area contributed by atoms with E-state index in [-0.39, 0.29) is 30.3 Å². The monoisotopic (exact) mass is 322 g/mol. The first-order chi connectivity index (χ1) is 8.61. The van der Waals surface area contributed by atoms with Crippen molar-refractivity contribution >= 4 is 41.3 Å². The summed E-state index contributed by atoms with van der Waals surface area (Å²) in [5.41, 5.74) is 5.71. The van der Waals surface area contributed by atoms with Crippen LogP contribution in [0.15, 0.2) is 12.1 Å². The van der Waals surface area contributed by atoms with E-state index in [1.165, 1.54) is 11.3 Å². The Kier molecular flexibility index (Phi) is 6.60. The van der Waals surface area contributed by atoms with Gasteiger partial charge in [0.1, 0.15) is 0 Å². The van der Waals surface area contributed by atoms with Gasteiger partial charge in [-0.2, -0.15) is 0 Å². The van der Waals surface area contributed by atoms with Crippen molar-refractivity contribution in [3.63, 3.8) is 0 Å². The topological polar surface area (TPSA) is 55.1 Å². The Balaban J connectivity index is 0.00000180. The number of hydrogen-bond acceptors (Lipinski definition) is 3. The zero-order chi connectivity index (χ0) is 13.1. The second-order valence-corrected chi connectivity index (χ2v) is 6.65. The van der Waals surface area contributed by atoms with Gasteiger partial charge >= 0.3 is 0 Å². The third-order valence-corrected chi connectivity index (χ3v) is 5.09. The van der Waals surface area contributed by atoms with Crippen LogP contribution in [0.2, 0.25) is 4.34 Å². The van der Waals surface area contributed by atoms with E-state index in [9.17, 15) is 4.79 Å². The quantitative estimate of drug-likeness (QED) is 0.892. The number of carbonyl (C=O) groups is 1. The van der Waals surface area contributed by atoms with Gasteiger partial charge in [-0.15, -0.1) is 23.7 Å². The second-order valence-electron chi connectivity index (χ2n) is 4.91. The third-order valence-electron chi connectivity index (χ3n) is 3.68. The average Bonchev–Trinajstić information content (AvgIpc) is 2.96. The second kappa shape index (κ2) is 7.48. The largest absolute Gasteiger partial charge is 0.349 e. The van der Waals surface area contributed by atoms with Crippen LogP contribution in [0.5, 0.6) is 0 Å². The lowest BCUT2D eigenvalue weighted by Crippen LogP contribution is -2.36. The van der Waals surface area contributed by atoms with Crippen LogP contribution in [0, 0.1) is 11.8 Å². The Bertz CT molecular complexity index is 425. The molecule has 3 nitrogen and oxygen atoms in total. The minimum atomic E-state index is 0. The van der Waals surface area contributed by atoms with Crippen LogP contribution in [0.25, 0.3) is 0 Å². The number of nitrogens with one attached hydrogen (secondary N) is 1. The van der Waals surface area contributed by atoms with Gasteiger partial charge in [-0.3, -0.25) is 4.79 Å². The van der Waals surface area contributed by atoms with Gasteiger partial charge in [0.25, 0.3) is 0 Å². The van der Waals surface area contributed by atoms with E-state index in [0.717, 1.165) is 28.5 Å². The number of halogens is 2. The van der Waals surface area contributed by atoms with Gasteiger partial charge in [-0.25, -0.2) is 0 Å². The van der Waals surface area contributed by atoms with Crippen LogP contribution in [0.4, 0.5) is 0 Å². The molecular formula is C13H20Cl2N2OS. The molecule has 2 rings (SSSR count). The summed E-state index contributed by atoms with van der Waals surface area (Å²) < 4.78 is 0.756. The fourth-order valence-corrected chi connectivity index (χ4v) is 3.68. The molecule has 1 aliphatic carbocycles. The number of amides is 1. The summed E-state index contributed by atoms with van der Waals surface area (Å²) in [4.78, 5) is 13.3. The SMILES string of the molecule is CC(NC(=O)[C@@H]1CCC[C@@H]1CN)c1ccc(Cl)s1.Cl. The molecule has 0 bridgehead atoms. The van der Waals surface area contributed by atoms with Gasteiger partial charge in [0.15, 0.2) is 0 Å². The summed E-state index contributed by atoms with van der Waals surface area (Å²) >= 11 is 7.42. The van der Waals surface area contributed by atoms with Crippen molar-refractivity contribution in [3.05, 3.63) is 21.3 Å². The number of rotatable bonds is 4. The summed E-state index contributed by atoms with van der Waals surface area (Å²) in [5.74, 6) is 0.581. The first kappa shape index (κ1) is 16.8. The minimum absolute atomic E-state index is 0. The van der Waals surface area contributed by atoms with Gasteiger partial charge in [0.05, 0.1) is 10.4 Å². The van der Waals surface area contributed by atoms with E-state index in [1.54, 1.807) is 0 Å². The fraction of sp³-hybridized carbons (Fsp3) is 0.615. The molecule has 0 spiro atoms. The Hall–Kier alpha value is -0.290. The molecule has 1 saturated carbocycles. The lowest BCUT2D eigenvalue weighted by molar-refractivity contribution is -0.126. The van der Waals surface area contributed by atoms with Crippen LogP contribution in [0.1, 0.15) is 37.1 Å². The number of carbonyl (C=O) groups excluding carboxylic acids is 1. The number of nitrogens with two attached hydrogens (primary N) is 1. The highest BCUT2D eigenvalue weighted by Crippen LogP contribution is 2.32. The Morgan fingerprint density at radius 2 is 2.32 bits per heavy atom. The Morgan fingerprint density at radius 3 is 2.89 bits per heavy atom. The van der Waals surface area contributed by atoms with E-state index in [0.29, 0.717) is 12.5 Å². The zero-order valence-corrected chi connectivity index (χ0v) is 13.3. The lowest BCUT2D eigenvalue weighted by atomic mass is 9.95. The lowest BCUT2D eigenvalue weighted by Gasteiger charge is -2.20. The molecule has 1 fully saturated rings. The first-order valence-corrected chi connectivity index (χ1v) is 7.57. The molecule has 0 saturated heterocycles. The van der Waals surface area contributed by atoms with Gasteiger partial charge in [-0.05, 0) is 44.4 Å². The molecule has 108 valence electrons. The molecule has 0 aliphatic heterocycles. The van der Waals surface area contributed by atoms with Crippen molar-refractivity contribution in [1.29, 1.82) is 0 Å². The summed E-state index contributed by atoms with van der Waals surface area (Å²) in [5, 5.41) is 3.07. The molecule has 0 aromatic carbocycles. The molecule has 1 aliphatic rings. The van der Waals surface area contributed by atoms with Gasteiger partial charge in [0, 0.05) is 10.8 Å². The maximum absolute atomic E-state index is 12.2. The van der Waals surface area contributed by atoms with Crippen molar-refractivity contribution in [2.75, 3.05) is 6.54 Å². The first-order valence-electron chi connectivity index (χ1n) is 6.37. The van der Waals surface area contributed by atoms with Crippen molar-refractivity contribution in [2.24, 2.45) is 17.6 Å². The molecule has 19 heavy (non-hydrogen) atoms. The molecule has 0 radical (unpaired) electrons. The molecule has 3 atom stereocenters. The van der Waals surface area contributed by atoms with Crippen LogP contribution in [-0.4, -0.2) is 12.5 Å². The Morgan fingerprint density at radius 1 is 1.58 bits per heavy atom. The van der Waals surface area contributed by atoms with Gasteiger partial charge < -0.3 is 11.1 Å². The van der Waals surface area contributed by atoms with E-state index < -0.39 is 0 Å². The van der Waals surface area contributed by atoms with Crippen molar-refractivity contribution in [2.45, 2.75) is 32.2 Å². The summed E-state index contributed by atoms with van der Waals surface area (Å²) in [7, 11) is 0. The van der Waals surface area contributed by atoms with Crippen LogP contribution < -0.4 is 11.1 Å². The zero-order valence-electron chi connectivity index (χ0n) is 10.9. The predicted octanol–water partition coefficient (Wildman–Crippen LogP) is 3.38. The molecule has 6 heteroatoms. The van der Waals surface area contributed by atoms with E-state index in [2.05, 4.69) is 5.32 Å². The molecule has 1 heterocycles. The number of thiophene rings is 1.